The molecule has 11 heteroatoms. The van der Waals surface area contributed by atoms with Crippen LogP contribution < -0.4 is 10.3 Å². The van der Waals surface area contributed by atoms with E-state index in [2.05, 4.69) is 20.5 Å². The number of morpholine rings is 1. The first-order valence-electron chi connectivity index (χ1n) is 8.30. The zero-order valence-electron chi connectivity index (χ0n) is 15.0. The lowest BCUT2D eigenvalue weighted by Gasteiger charge is -2.28. The summed E-state index contributed by atoms with van der Waals surface area (Å²) in [5.74, 6) is -8.97. The maximum Gasteiger partial charge on any atom is 0.200 e. The number of anilines is 2. The topological polar surface area (TPSA) is 62.6 Å². The van der Waals surface area contributed by atoms with Crippen molar-refractivity contribution in [3.8, 4) is 0 Å². The van der Waals surface area contributed by atoms with Gasteiger partial charge < -0.3 is 9.64 Å². The summed E-state index contributed by atoms with van der Waals surface area (Å²) >= 11 is 0. The number of nitrogens with zero attached hydrogens (tertiary/aromatic N) is 4. The second kappa shape index (κ2) is 8.05. The quantitative estimate of drug-likeness (QED) is 0.280. The number of rotatable bonds is 4. The second-order valence-corrected chi connectivity index (χ2v) is 6.01. The van der Waals surface area contributed by atoms with Crippen molar-refractivity contribution >= 4 is 17.3 Å². The number of aryl methyl sites for hydroxylation is 1. The summed E-state index contributed by atoms with van der Waals surface area (Å²) < 4.78 is 72.9. The number of hydrazone groups is 1. The predicted molar refractivity (Wildman–Crippen MR) is 91.9 cm³/mol. The number of hydrogen-bond donors (Lipinski definition) is 1. The summed E-state index contributed by atoms with van der Waals surface area (Å²) in [5, 5.41) is 3.72. The standard InChI is InChI=1S/C17H16F5N5O/c1-8(12-13(18)15(20)17(22)16(21)14(12)19)25-26-10-7-11(24-9(2)23-10)27-3-5-28-6-4-27/h7H,3-6H2,1-2H3,(H,23,24,26)/b25-8-. The van der Waals surface area contributed by atoms with E-state index in [1.165, 1.54) is 0 Å². The molecule has 0 unspecified atom stereocenters. The Balaban J connectivity index is 1.89. The second-order valence-electron chi connectivity index (χ2n) is 6.01. The van der Waals surface area contributed by atoms with Gasteiger partial charge in [0.1, 0.15) is 11.6 Å². The monoisotopic (exact) mass is 401 g/mol. The van der Waals surface area contributed by atoms with E-state index in [9.17, 15) is 22.0 Å². The van der Waals surface area contributed by atoms with E-state index in [0.717, 1.165) is 6.92 Å². The van der Waals surface area contributed by atoms with Crippen LogP contribution in [0.25, 0.3) is 0 Å². The van der Waals surface area contributed by atoms with E-state index in [1.54, 1.807) is 13.0 Å². The lowest BCUT2D eigenvalue weighted by atomic mass is 10.1. The Bertz CT molecular complexity index is 902. The fraction of sp³-hybridized carbons (Fsp3) is 0.353. The van der Waals surface area contributed by atoms with Gasteiger partial charge in [0.15, 0.2) is 29.1 Å². The van der Waals surface area contributed by atoms with Crippen LogP contribution in [0, 0.1) is 36.0 Å². The third-order valence-electron chi connectivity index (χ3n) is 4.07. The van der Waals surface area contributed by atoms with Crippen molar-refractivity contribution in [1.29, 1.82) is 0 Å². The van der Waals surface area contributed by atoms with Crippen molar-refractivity contribution in [3.63, 3.8) is 0 Å². The largest absolute Gasteiger partial charge is 0.378 e. The molecule has 1 aliphatic rings. The summed E-state index contributed by atoms with van der Waals surface area (Å²) in [6.07, 6.45) is 0. The lowest BCUT2D eigenvalue weighted by molar-refractivity contribution is 0.122. The highest BCUT2D eigenvalue weighted by Gasteiger charge is 2.27. The fourth-order valence-corrected chi connectivity index (χ4v) is 2.68. The maximum atomic E-state index is 13.9. The molecule has 1 aliphatic heterocycles. The molecular weight excluding hydrogens is 385 g/mol. The van der Waals surface area contributed by atoms with Gasteiger partial charge >= 0.3 is 0 Å². The Labute approximate surface area is 157 Å². The summed E-state index contributed by atoms with van der Waals surface area (Å²) in [6.45, 7) is 5.11. The van der Waals surface area contributed by atoms with E-state index in [-0.39, 0.29) is 5.82 Å². The molecule has 1 N–H and O–H groups in total. The molecule has 0 atom stereocenters. The normalized spacial score (nSPS) is 15.1. The third kappa shape index (κ3) is 3.88. The Morgan fingerprint density at radius 1 is 1.00 bits per heavy atom. The fourth-order valence-electron chi connectivity index (χ4n) is 2.68. The van der Waals surface area contributed by atoms with Crippen LogP contribution in [-0.2, 0) is 4.74 Å². The molecule has 0 amide bonds. The van der Waals surface area contributed by atoms with Gasteiger partial charge in [-0.1, -0.05) is 0 Å². The van der Waals surface area contributed by atoms with Crippen LogP contribution in [0.3, 0.4) is 0 Å². The van der Waals surface area contributed by atoms with Crippen molar-refractivity contribution in [1.82, 2.24) is 9.97 Å². The summed E-state index contributed by atoms with van der Waals surface area (Å²) in [6, 6.07) is 1.56. The molecule has 0 aliphatic carbocycles. The highest BCUT2D eigenvalue weighted by molar-refractivity contribution is 5.99. The Hall–Kier alpha value is -2.82. The number of ether oxygens (including phenoxy) is 1. The minimum absolute atomic E-state index is 0.206. The van der Waals surface area contributed by atoms with Crippen LogP contribution in [0.1, 0.15) is 18.3 Å². The van der Waals surface area contributed by atoms with E-state index < -0.39 is 40.4 Å². The van der Waals surface area contributed by atoms with Crippen LogP contribution in [0.5, 0.6) is 0 Å². The van der Waals surface area contributed by atoms with Gasteiger partial charge in [0.05, 0.1) is 24.5 Å². The van der Waals surface area contributed by atoms with Crippen LogP contribution >= 0.6 is 0 Å². The molecule has 28 heavy (non-hydrogen) atoms. The molecule has 0 spiro atoms. The number of halogens is 5. The van der Waals surface area contributed by atoms with Gasteiger partial charge in [-0.15, -0.1) is 0 Å². The molecule has 1 saturated heterocycles. The van der Waals surface area contributed by atoms with E-state index in [1.807, 2.05) is 4.90 Å². The predicted octanol–water partition coefficient (Wildman–Crippen LogP) is 3.15. The van der Waals surface area contributed by atoms with Crippen molar-refractivity contribution in [3.05, 3.63) is 46.5 Å². The van der Waals surface area contributed by atoms with Gasteiger partial charge in [0, 0.05) is 19.2 Å². The molecular formula is C17H16F5N5O. The lowest BCUT2D eigenvalue weighted by Crippen LogP contribution is -2.36. The summed E-state index contributed by atoms with van der Waals surface area (Å²) in [5.41, 5.74) is 0.937. The highest BCUT2D eigenvalue weighted by Crippen LogP contribution is 2.24. The molecule has 150 valence electrons. The minimum Gasteiger partial charge on any atom is -0.378 e. The number of aromatic nitrogens is 2. The van der Waals surface area contributed by atoms with Gasteiger partial charge in [-0.3, -0.25) is 5.43 Å². The van der Waals surface area contributed by atoms with Gasteiger partial charge in [-0.2, -0.15) is 5.10 Å². The van der Waals surface area contributed by atoms with Crippen molar-refractivity contribution in [2.75, 3.05) is 36.6 Å². The molecule has 0 radical (unpaired) electrons. The SMILES string of the molecule is C/C(=N/Nc1cc(N2CCOCC2)nc(C)n1)c1c(F)c(F)c(F)c(F)c1F. The van der Waals surface area contributed by atoms with Crippen LogP contribution in [-0.4, -0.2) is 42.0 Å². The Kier molecular flexibility index (Phi) is 5.73. The molecule has 0 bridgehead atoms. The average molecular weight is 401 g/mol. The molecule has 1 fully saturated rings. The molecule has 6 nitrogen and oxygen atoms in total. The molecule has 3 rings (SSSR count). The number of hydrogen-bond acceptors (Lipinski definition) is 6. The maximum absolute atomic E-state index is 13.9. The molecule has 2 aromatic rings. The molecule has 1 aromatic carbocycles. The zero-order valence-corrected chi connectivity index (χ0v) is 15.0. The van der Waals surface area contributed by atoms with Gasteiger partial charge in [0.25, 0.3) is 0 Å². The third-order valence-corrected chi connectivity index (χ3v) is 4.07. The first-order valence-corrected chi connectivity index (χ1v) is 8.30. The number of nitrogens with one attached hydrogen (secondary N) is 1. The van der Waals surface area contributed by atoms with E-state index in [0.29, 0.717) is 37.9 Å². The highest BCUT2D eigenvalue weighted by atomic mass is 19.2. The molecule has 1 aromatic heterocycles. The zero-order chi connectivity index (χ0) is 20.4. The van der Waals surface area contributed by atoms with E-state index >= 15 is 0 Å². The Morgan fingerprint density at radius 3 is 2.18 bits per heavy atom. The summed E-state index contributed by atoms with van der Waals surface area (Å²) in [4.78, 5) is 10.4. The molecule has 0 saturated carbocycles. The average Bonchev–Trinajstić information content (AvgIpc) is 2.69. The Morgan fingerprint density at radius 2 is 1.57 bits per heavy atom. The number of benzene rings is 1. The van der Waals surface area contributed by atoms with Crippen molar-refractivity contribution < 1.29 is 26.7 Å². The van der Waals surface area contributed by atoms with Crippen LogP contribution in [0.15, 0.2) is 11.2 Å². The van der Waals surface area contributed by atoms with E-state index in [4.69, 9.17) is 4.74 Å². The van der Waals surface area contributed by atoms with Crippen LogP contribution in [0.4, 0.5) is 33.6 Å². The van der Waals surface area contributed by atoms with Gasteiger partial charge in [-0.25, -0.2) is 31.9 Å². The van der Waals surface area contributed by atoms with Crippen molar-refractivity contribution in [2.45, 2.75) is 13.8 Å². The van der Waals surface area contributed by atoms with Crippen molar-refractivity contribution in [2.24, 2.45) is 5.10 Å². The minimum atomic E-state index is -2.22. The first-order chi connectivity index (χ1) is 13.3. The summed E-state index contributed by atoms with van der Waals surface area (Å²) in [7, 11) is 0. The van der Waals surface area contributed by atoms with Gasteiger partial charge in [0.2, 0.25) is 5.82 Å². The first kappa shape index (κ1) is 19.9. The smallest absolute Gasteiger partial charge is 0.200 e. The molecule has 2 heterocycles. The van der Waals surface area contributed by atoms with Gasteiger partial charge in [-0.05, 0) is 13.8 Å². The van der Waals surface area contributed by atoms with Crippen LogP contribution in [0.2, 0.25) is 0 Å².